The molecule has 0 spiro atoms. The van der Waals surface area contributed by atoms with Gasteiger partial charge in [0, 0.05) is 17.2 Å². The maximum absolute atomic E-state index is 14.0. The number of barbiturate groups is 1. The number of nitrogens with one attached hydrogen (secondary N) is 1. The van der Waals surface area contributed by atoms with E-state index in [9.17, 15) is 23.9 Å². The highest BCUT2D eigenvalue weighted by atomic mass is 19.1. The summed E-state index contributed by atoms with van der Waals surface area (Å²) in [5, 5.41) is 11.6. The van der Waals surface area contributed by atoms with E-state index in [2.05, 4.69) is 5.32 Å². The average molecular weight is 462 g/mol. The Hall–Kier alpha value is -4.66. The van der Waals surface area contributed by atoms with Gasteiger partial charge in [-0.3, -0.25) is 14.9 Å². The van der Waals surface area contributed by atoms with Gasteiger partial charge in [-0.15, -0.1) is 0 Å². The molecule has 0 aliphatic carbocycles. The summed E-state index contributed by atoms with van der Waals surface area (Å²) in [6, 6.07) is 15.3. The Balaban J connectivity index is 1.69. The minimum atomic E-state index is -0.913. The molecule has 0 saturated carbocycles. The van der Waals surface area contributed by atoms with E-state index in [1.807, 2.05) is 0 Å². The number of urea groups is 1. The molecule has 3 aromatic rings. The summed E-state index contributed by atoms with van der Waals surface area (Å²) < 4.78 is 25.0. The second-order valence-electron chi connectivity index (χ2n) is 7.26. The van der Waals surface area contributed by atoms with Crippen LogP contribution in [-0.2, 0) is 16.2 Å². The molecule has 1 fully saturated rings. The number of amides is 4. The van der Waals surface area contributed by atoms with Crippen molar-refractivity contribution in [3.05, 3.63) is 89.2 Å². The van der Waals surface area contributed by atoms with Crippen LogP contribution in [-0.4, -0.2) is 30.1 Å². The molecule has 1 heterocycles. The molecule has 172 valence electrons. The molecule has 4 amide bonds. The second-order valence-corrected chi connectivity index (χ2v) is 7.26. The number of hydrogen-bond donors (Lipinski definition) is 2. The van der Waals surface area contributed by atoms with E-state index in [1.54, 1.807) is 36.4 Å². The maximum atomic E-state index is 14.0. The van der Waals surface area contributed by atoms with Crippen molar-refractivity contribution in [2.24, 2.45) is 0 Å². The fourth-order valence-electron chi connectivity index (χ4n) is 3.31. The third-order valence-corrected chi connectivity index (χ3v) is 5.07. The first-order valence-electron chi connectivity index (χ1n) is 10.1. The molecule has 0 atom stereocenters. The maximum Gasteiger partial charge on any atom is 0.335 e. The number of methoxy groups -OCH3 is 1. The first-order chi connectivity index (χ1) is 16.4. The Bertz CT molecular complexity index is 1300. The summed E-state index contributed by atoms with van der Waals surface area (Å²) in [5.41, 5.74) is 0.521. The quantitative estimate of drug-likeness (QED) is 0.427. The van der Waals surface area contributed by atoms with Crippen LogP contribution in [0.4, 0.5) is 14.9 Å². The Morgan fingerprint density at radius 3 is 2.47 bits per heavy atom. The Labute approximate surface area is 193 Å². The highest BCUT2D eigenvalue weighted by molar-refractivity contribution is 6.39. The molecule has 3 aromatic carbocycles. The van der Waals surface area contributed by atoms with Gasteiger partial charge < -0.3 is 14.6 Å². The zero-order valence-electron chi connectivity index (χ0n) is 17.9. The van der Waals surface area contributed by atoms with Gasteiger partial charge in [-0.05, 0) is 48.5 Å². The fourth-order valence-corrected chi connectivity index (χ4v) is 3.31. The number of phenols is 1. The number of ether oxygens (including phenoxy) is 2. The number of rotatable bonds is 6. The first-order valence-corrected chi connectivity index (χ1v) is 10.1. The lowest BCUT2D eigenvalue weighted by Gasteiger charge is -2.26. The minimum Gasteiger partial charge on any atom is -0.508 e. The number of imide groups is 2. The molecule has 2 N–H and O–H groups in total. The zero-order chi connectivity index (χ0) is 24.2. The van der Waals surface area contributed by atoms with Crippen molar-refractivity contribution in [1.29, 1.82) is 0 Å². The van der Waals surface area contributed by atoms with Crippen LogP contribution in [0.3, 0.4) is 0 Å². The molecule has 34 heavy (non-hydrogen) atoms. The summed E-state index contributed by atoms with van der Waals surface area (Å²) in [7, 11) is 1.47. The first kappa shape index (κ1) is 22.5. The molecule has 8 nitrogen and oxygen atoms in total. The van der Waals surface area contributed by atoms with Gasteiger partial charge in [0.2, 0.25) is 0 Å². The summed E-state index contributed by atoms with van der Waals surface area (Å²) >= 11 is 0. The highest BCUT2D eigenvalue weighted by Gasteiger charge is 2.37. The molecular weight excluding hydrogens is 443 g/mol. The topological polar surface area (TPSA) is 105 Å². The fraction of sp³-hybridized carbons (Fsp3) is 0.0800. The number of hydrogen-bond acceptors (Lipinski definition) is 6. The number of anilines is 1. The third kappa shape index (κ3) is 4.58. The summed E-state index contributed by atoms with van der Waals surface area (Å²) in [4.78, 5) is 38.7. The molecule has 1 aliphatic heterocycles. The van der Waals surface area contributed by atoms with E-state index < -0.39 is 23.7 Å². The molecular formula is C25H19FN2O6. The SMILES string of the molecule is COc1ccc(/C=C2\C(=O)NC(=O)N(c3ccc(O)cc3)C2=O)c(OCc2ccccc2F)c1. The van der Waals surface area contributed by atoms with Crippen molar-refractivity contribution >= 4 is 29.6 Å². The molecule has 1 aliphatic rings. The number of phenolic OH excluding ortho intramolecular Hbond substituents is 1. The van der Waals surface area contributed by atoms with Gasteiger partial charge in [-0.1, -0.05) is 18.2 Å². The summed E-state index contributed by atoms with van der Waals surface area (Å²) in [6.07, 6.45) is 1.29. The van der Waals surface area contributed by atoms with Gasteiger partial charge in [-0.25, -0.2) is 14.1 Å². The zero-order valence-corrected chi connectivity index (χ0v) is 17.9. The van der Waals surface area contributed by atoms with Gasteiger partial charge in [0.1, 0.15) is 35.2 Å². The van der Waals surface area contributed by atoms with Gasteiger partial charge in [0.25, 0.3) is 11.8 Å². The van der Waals surface area contributed by atoms with E-state index in [0.29, 0.717) is 16.9 Å². The van der Waals surface area contributed by atoms with Crippen LogP contribution < -0.4 is 19.7 Å². The van der Waals surface area contributed by atoms with Crippen LogP contribution in [0.15, 0.2) is 72.3 Å². The Kier molecular flexibility index (Phi) is 6.26. The van der Waals surface area contributed by atoms with Gasteiger partial charge in [-0.2, -0.15) is 0 Å². The lowest BCUT2D eigenvalue weighted by molar-refractivity contribution is -0.122. The standard InChI is InChI=1S/C25H19FN2O6/c1-33-19-11-6-15(22(13-19)34-14-16-4-2-3-5-21(16)26)12-20-23(30)27-25(32)28(24(20)31)17-7-9-18(29)10-8-17/h2-13,29H,14H2,1H3,(H,27,30,32)/b20-12+. The van der Waals surface area contributed by atoms with E-state index >= 15 is 0 Å². The van der Waals surface area contributed by atoms with E-state index in [-0.39, 0.29) is 29.4 Å². The van der Waals surface area contributed by atoms with Crippen LogP contribution in [0.1, 0.15) is 11.1 Å². The van der Waals surface area contributed by atoms with E-state index in [4.69, 9.17) is 9.47 Å². The van der Waals surface area contributed by atoms with Gasteiger partial charge in [0.05, 0.1) is 12.8 Å². The molecule has 9 heteroatoms. The predicted molar refractivity (Wildman–Crippen MR) is 121 cm³/mol. The van der Waals surface area contributed by atoms with Crippen LogP contribution in [0, 0.1) is 5.82 Å². The van der Waals surface area contributed by atoms with Crippen LogP contribution in [0.5, 0.6) is 17.2 Å². The van der Waals surface area contributed by atoms with Crippen LogP contribution in [0.25, 0.3) is 6.08 Å². The van der Waals surface area contributed by atoms with Crippen molar-refractivity contribution in [2.45, 2.75) is 6.61 Å². The van der Waals surface area contributed by atoms with Gasteiger partial charge in [0.15, 0.2) is 0 Å². The summed E-state index contributed by atoms with van der Waals surface area (Å²) in [5.74, 6) is -1.52. The number of aromatic hydroxyl groups is 1. The lowest BCUT2D eigenvalue weighted by Crippen LogP contribution is -2.54. The number of benzene rings is 3. The number of carbonyl (C=O) groups is 3. The smallest absolute Gasteiger partial charge is 0.335 e. The number of nitrogens with zero attached hydrogens (tertiary/aromatic N) is 1. The van der Waals surface area contributed by atoms with Crippen LogP contribution in [0.2, 0.25) is 0 Å². The molecule has 0 radical (unpaired) electrons. The monoisotopic (exact) mass is 462 g/mol. The lowest BCUT2D eigenvalue weighted by atomic mass is 10.1. The molecule has 4 rings (SSSR count). The van der Waals surface area contributed by atoms with E-state index in [0.717, 1.165) is 4.90 Å². The van der Waals surface area contributed by atoms with Crippen molar-refractivity contribution in [1.82, 2.24) is 5.32 Å². The molecule has 0 bridgehead atoms. The molecule has 0 unspecified atom stereocenters. The number of carbonyl (C=O) groups excluding carboxylic acids is 3. The largest absolute Gasteiger partial charge is 0.508 e. The Morgan fingerprint density at radius 2 is 1.76 bits per heavy atom. The van der Waals surface area contributed by atoms with Crippen molar-refractivity contribution in [3.8, 4) is 17.2 Å². The molecule has 0 aromatic heterocycles. The predicted octanol–water partition coefficient (Wildman–Crippen LogP) is 3.79. The van der Waals surface area contributed by atoms with E-state index in [1.165, 1.54) is 43.5 Å². The van der Waals surface area contributed by atoms with Crippen molar-refractivity contribution < 1.29 is 33.4 Å². The average Bonchev–Trinajstić information content (AvgIpc) is 2.82. The highest BCUT2D eigenvalue weighted by Crippen LogP contribution is 2.30. The molecule has 1 saturated heterocycles. The minimum absolute atomic E-state index is 0.0460. The third-order valence-electron chi connectivity index (χ3n) is 5.07. The summed E-state index contributed by atoms with van der Waals surface area (Å²) in [6.45, 7) is -0.103. The normalized spacial score (nSPS) is 14.8. The van der Waals surface area contributed by atoms with Crippen molar-refractivity contribution in [3.63, 3.8) is 0 Å². The Morgan fingerprint density at radius 1 is 1.03 bits per heavy atom. The van der Waals surface area contributed by atoms with Gasteiger partial charge >= 0.3 is 6.03 Å². The van der Waals surface area contributed by atoms with Crippen molar-refractivity contribution in [2.75, 3.05) is 12.0 Å². The number of halogens is 1. The van der Waals surface area contributed by atoms with Crippen LogP contribution >= 0.6 is 0 Å². The second kappa shape index (κ2) is 9.45.